The van der Waals surface area contributed by atoms with Gasteiger partial charge in [-0.15, -0.1) is 0 Å². The van der Waals surface area contributed by atoms with Gasteiger partial charge in [-0.25, -0.2) is 14.4 Å². The first-order chi connectivity index (χ1) is 17.3. The maximum absolute atomic E-state index is 12.8. The van der Waals surface area contributed by atoms with Crippen LogP contribution in [0.4, 0.5) is 0 Å². The normalized spacial score (nSPS) is 20.9. The Labute approximate surface area is 204 Å². The van der Waals surface area contributed by atoms with Crippen LogP contribution in [0.15, 0.2) is 82.5 Å². The number of aromatic amines is 1. The monoisotopic (exact) mass is 501 g/mol. The highest BCUT2D eigenvalue weighted by Crippen LogP contribution is 2.34. The Morgan fingerprint density at radius 1 is 0.861 bits per heavy atom. The van der Waals surface area contributed by atoms with Crippen molar-refractivity contribution in [3.05, 3.63) is 105 Å². The first-order valence-electron chi connectivity index (χ1n) is 11.0. The molecule has 186 valence electrons. The number of hydrogen-bond acceptors (Lipinski definition) is 9. The first kappa shape index (κ1) is 24.6. The second-order valence-electron chi connectivity index (χ2n) is 7.86. The molecular weight excluding hydrogens is 479 g/mol. The van der Waals surface area contributed by atoms with Crippen molar-refractivity contribution in [2.75, 3.05) is 6.61 Å². The Hall–Kier alpha value is -4.51. The zero-order chi connectivity index (χ0) is 25.7. The van der Waals surface area contributed by atoms with E-state index >= 15 is 0 Å². The summed E-state index contributed by atoms with van der Waals surface area (Å²) in [6, 6.07) is 17.4. The molecule has 11 nitrogen and oxygen atoms in total. The van der Waals surface area contributed by atoms with Crippen molar-refractivity contribution in [1.29, 1.82) is 0 Å². The Kier molecular flexibility index (Phi) is 7.40. The molecule has 0 aliphatic carbocycles. The minimum Gasteiger partial charge on any atom is -0.459 e. The summed E-state index contributed by atoms with van der Waals surface area (Å²) >= 11 is 0. The van der Waals surface area contributed by atoms with Crippen LogP contribution >= 0.6 is 0 Å². The number of aromatic nitrogens is 2. The lowest BCUT2D eigenvalue weighted by atomic mass is 10.2. The molecule has 1 aromatic heterocycles. The zero-order valence-electron chi connectivity index (χ0n) is 19.1. The van der Waals surface area contributed by atoms with E-state index in [4.69, 9.17) is 18.9 Å². The lowest BCUT2D eigenvalue weighted by Crippen LogP contribution is -2.42. The van der Waals surface area contributed by atoms with E-state index in [0.29, 0.717) is 5.56 Å². The fraction of sp³-hybridized carbons (Fsp3) is 0.240. The number of benzene rings is 2. The van der Waals surface area contributed by atoms with Gasteiger partial charge in [0.05, 0.1) is 11.1 Å². The third-order valence-corrected chi connectivity index (χ3v) is 5.35. The van der Waals surface area contributed by atoms with Gasteiger partial charge in [-0.1, -0.05) is 36.4 Å². The number of rotatable bonds is 7. The molecule has 0 saturated carbocycles. The van der Waals surface area contributed by atoms with Gasteiger partial charge in [-0.2, -0.15) is 0 Å². The summed E-state index contributed by atoms with van der Waals surface area (Å²) in [5.41, 5.74) is -0.958. The van der Waals surface area contributed by atoms with Gasteiger partial charge >= 0.3 is 23.6 Å². The van der Waals surface area contributed by atoms with Crippen molar-refractivity contribution < 1.29 is 33.3 Å². The van der Waals surface area contributed by atoms with Crippen LogP contribution in [0.3, 0.4) is 0 Å². The molecule has 0 spiro atoms. The molecule has 1 aliphatic rings. The SMILES string of the molecule is CC(=O)O[13C@@H]1[13C@H](OC(=O)c2ccccc2)[13C@@H]([13CH2]OC(=O)c2ccccc2)O[13C@H]1[15n]1ccc(=O)[15nH]c1=O. The highest BCUT2D eigenvalue weighted by atomic mass is 16.8. The van der Waals surface area contributed by atoms with Gasteiger partial charge in [-0.3, -0.25) is 19.1 Å². The van der Waals surface area contributed by atoms with Crippen molar-refractivity contribution in [2.45, 2.75) is 31.5 Å². The Morgan fingerprint density at radius 2 is 1.47 bits per heavy atom. The average Bonchev–Trinajstić information content (AvgIpc) is 3.19. The number of esters is 3. The second kappa shape index (κ2) is 10.8. The van der Waals surface area contributed by atoms with Gasteiger partial charge in [0, 0.05) is 19.2 Å². The third-order valence-electron chi connectivity index (χ3n) is 5.35. The largest absolute Gasteiger partial charge is 0.459 e. The van der Waals surface area contributed by atoms with Crippen LogP contribution in [0, 0.1) is 0 Å². The van der Waals surface area contributed by atoms with Crippen molar-refractivity contribution in [1.82, 2.24) is 9.55 Å². The zero-order valence-corrected chi connectivity index (χ0v) is 19.1. The Morgan fingerprint density at radius 3 is 2.06 bits per heavy atom. The van der Waals surface area contributed by atoms with Crippen molar-refractivity contribution in [3.63, 3.8) is 0 Å². The van der Waals surface area contributed by atoms with E-state index in [-0.39, 0.29) is 12.2 Å². The van der Waals surface area contributed by atoms with Gasteiger partial charge in [-0.05, 0) is 24.3 Å². The molecule has 11 heteroatoms. The predicted molar refractivity (Wildman–Crippen MR) is 123 cm³/mol. The summed E-state index contributed by atoms with van der Waals surface area (Å²) < 4.78 is 23.4. The van der Waals surface area contributed by atoms with Gasteiger partial charge in [0.15, 0.2) is 18.4 Å². The van der Waals surface area contributed by atoms with Crippen LogP contribution in [-0.2, 0) is 23.7 Å². The van der Waals surface area contributed by atoms with E-state index in [0.717, 1.165) is 23.8 Å². The number of H-pyrrole nitrogens is 1. The molecular formula is C25H22N2O9. The van der Waals surface area contributed by atoms with Gasteiger partial charge in [0.25, 0.3) is 5.56 Å². The number of nitrogens with zero attached hydrogens (tertiary/aromatic N) is 1. The van der Waals surface area contributed by atoms with Crippen molar-refractivity contribution in [3.8, 4) is 0 Å². The number of ether oxygens (including phenoxy) is 4. The number of carbonyl (C=O) groups is 3. The van der Waals surface area contributed by atoms with Crippen LogP contribution in [0.2, 0.25) is 0 Å². The van der Waals surface area contributed by atoms with Crippen LogP contribution in [0.1, 0.15) is 33.9 Å². The standard InChI is InChI=1S/C25H22N2O9/c1-15(28)34-21-20(36-24(31)17-10-6-3-7-11-17)18(14-33-23(30)16-8-4-2-5-9-16)35-22(21)27-13-12-19(29)26-25(27)32/h2-13,18,20-22H,14H2,1H3,(H,26,29,32)/t18-,20-,21-,22-/m1/s1/i14+1,18+1,20+1,21+1,22+1,26+1,27+1. The minimum atomic E-state index is -1.29. The summed E-state index contributed by atoms with van der Waals surface area (Å²) in [5.74, 6) is -2.12. The molecule has 36 heavy (non-hydrogen) atoms. The van der Waals surface area contributed by atoms with Crippen LogP contribution in [-0.4, -0.2) is 52.4 Å². The topological polar surface area (TPSA) is 143 Å². The Bertz CT molecular complexity index is 1350. The summed E-state index contributed by atoms with van der Waals surface area (Å²) in [5, 5.41) is 0. The molecule has 2 heterocycles. The molecule has 1 aliphatic heterocycles. The molecule has 4 atom stereocenters. The molecule has 4 rings (SSSR count). The van der Waals surface area contributed by atoms with Crippen molar-refractivity contribution in [2.24, 2.45) is 0 Å². The van der Waals surface area contributed by atoms with Gasteiger partial charge < -0.3 is 18.9 Å². The van der Waals surface area contributed by atoms with Crippen LogP contribution < -0.4 is 11.2 Å². The maximum atomic E-state index is 12.8. The fourth-order valence-electron chi connectivity index (χ4n) is 3.73. The van der Waals surface area contributed by atoms with E-state index in [9.17, 15) is 24.0 Å². The smallest absolute Gasteiger partial charge is 0.338 e. The maximum Gasteiger partial charge on any atom is 0.338 e. The van der Waals surface area contributed by atoms with E-state index in [1.54, 1.807) is 48.5 Å². The van der Waals surface area contributed by atoms with E-state index in [1.807, 2.05) is 0 Å². The first-order valence-corrected chi connectivity index (χ1v) is 11.0. The van der Waals surface area contributed by atoms with Crippen molar-refractivity contribution >= 4 is 17.9 Å². The van der Waals surface area contributed by atoms with E-state index in [1.165, 1.54) is 12.1 Å². The lowest BCUT2D eigenvalue weighted by molar-refractivity contribution is -0.156. The number of carbonyl (C=O) groups excluding carboxylic acids is 3. The molecule has 2 aromatic carbocycles. The highest BCUT2D eigenvalue weighted by Gasteiger charge is 2.51. The summed E-state index contributed by atoms with van der Waals surface area (Å²) in [6.07, 6.45) is -3.78. The lowest BCUT2D eigenvalue weighted by Gasteiger charge is -2.24. The minimum absolute atomic E-state index is 0.226. The molecule has 0 bridgehead atoms. The summed E-state index contributed by atoms with van der Waals surface area (Å²) in [7, 11) is 0. The van der Waals surface area contributed by atoms with Gasteiger partial charge in [0.2, 0.25) is 0 Å². The van der Waals surface area contributed by atoms with Crippen LogP contribution in [0.25, 0.3) is 0 Å². The molecule has 0 unspecified atom stereocenters. The van der Waals surface area contributed by atoms with E-state index < -0.39 is 53.7 Å². The molecule has 1 N–H and O–H groups in total. The molecule has 3 aromatic rings. The predicted octanol–water partition coefficient (Wildman–Crippen LogP) is 1.45. The molecule has 0 amide bonds. The molecule has 1 saturated heterocycles. The summed E-state index contributed by atoms with van der Waals surface area (Å²) in [4.78, 5) is 63.4. The second-order valence-corrected chi connectivity index (χ2v) is 7.86. The van der Waals surface area contributed by atoms with E-state index in [2.05, 4.69) is 4.98 Å². The van der Waals surface area contributed by atoms with Crippen LogP contribution in [0.5, 0.6) is 0 Å². The summed E-state index contributed by atoms with van der Waals surface area (Å²) in [6.45, 7) is 0.762. The third kappa shape index (κ3) is 5.58. The molecule has 0 radical (unpaired) electrons. The highest BCUT2D eigenvalue weighted by molar-refractivity contribution is 5.90. The molecule has 1 fully saturated rings. The Balaban J connectivity index is 1.65. The van der Waals surface area contributed by atoms with Gasteiger partial charge in [0.1, 0.15) is 12.7 Å². The fourth-order valence-corrected chi connectivity index (χ4v) is 3.73. The number of nitrogens with one attached hydrogen (secondary N) is 1. The quantitative estimate of drug-likeness (QED) is 0.289. The average molecular weight is 501 g/mol. The number of hydrogen-bond donors (Lipinski definition) is 1.